The molecule has 114 valence electrons. The van der Waals surface area contributed by atoms with Crippen molar-refractivity contribution in [3.8, 4) is 0 Å². The SMILES string of the molecule is CCCCN(CC(N)=O)Cc1nc(Cl)c2cnn(C)c2n1. The Bertz CT molecular complexity index is 641. The first kappa shape index (κ1) is 15.7. The fourth-order valence-electron chi connectivity index (χ4n) is 2.12. The first-order valence-electron chi connectivity index (χ1n) is 6.86. The van der Waals surface area contributed by atoms with Crippen molar-refractivity contribution in [2.75, 3.05) is 13.1 Å². The number of amides is 1. The molecular formula is C13H19ClN6O. The molecule has 0 aliphatic carbocycles. The van der Waals surface area contributed by atoms with Crippen molar-refractivity contribution in [3.63, 3.8) is 0 Å². The fourth-order valence-corrected chi connectivity index (χ4v) is 2.35. The van der Waals surface area contributed by atoms with E-state index in [2.05, 4.69) is 22.0 Å². The third-order valence-electron chi connectivity index (χ3n) is 3.16. The predicted octanol–water partition coefficient (Wildman–Crippen LogP) is 1.10. The first-order chi connectivity index (χ1) is 10.0. The number of fused-ring (bicyclic) bond motifs is 1. The van der Waals surface area contributed by atoms with Gasteiger partial charge in [0.15, 0.2) is 5.65 Å². The Labute approximate surface area is 128 Å². The van der Waals surface area contributed by atoms with Crippen LogP contribution in [0.25, 0.3) is 11.0 Å². The van der Waals surface area contributed by atoms with E-state index in [1.165, 1.54) is 0 Å². The van der Waals surface area contributed by atoms with Crippen LogP contribution in [0.5, 0.6) is 0 Å². The molecule has 2 aromatic rings. The zero-order valence-corrected chi connectivity index (χ0v) is 13.0. The molecule has 0 aromatic carbocycles. The smallest absolute Gasteiger partial charge is 0.231 e. The lowest BCUT2D eigenvalue weighted by Gasteiger charge is -2.19. The Morgan fingerprint density at radius 3 is 2.90 bits per heavy atom. The lowest BCUT2D eigenvalue weighted by atomic mass is 10.3. The van der Waals surface area contributed by atoms with Crippen LogP contribution in [0.3, 0.4) is 0 Å². The Morgan fingerprint density at radius 1 is 1.48 bits per heavy atom. The van der Waals surface area contributed by atoms with Gasteiger partial charge in [-0.2, -0.15) is 5.10 Å². The van der Waals surface area contributed by atoms with Crippen molar-refractivity contribution in [1.29, 1.82) is 0 Å². The third-order valence-corrected chi connectivity index (χ3v) is 3.45. The summed E-state index contributed by atoms with van der Waals surface area (Å²) < 4.78 is 1.65. The highest BCUT2D eigenvalue weighted by Gasteiger charge is 2.14. The lowest BCUT2D eigenvalue weighted by Crippen LogP contribution is -2.34. The van der Waals surface area contributed by atoms with E-state index >= 15 is 0 Å². The van der Waals surface area contributed by atoms with Crippen LogP contribution in [0, 0.1) is 0 Å². The summed E-state index contributed by atoms with van der Waals surface area (Å²) >= 11 is 6.15. The minimum absolute atomic E-state index is 0.185. The van der Waals surface area contributed by atoms with Gasteiger partial charge in [0.2, 0.25) is 5.91 Å². The number of nitrogens with two attached hydrogens (primary N) is 1. The van der Waals surface area contributed by atoms with Crippen molar-refractivity contribution in [2.24, 2.45) is 12.8 Å². The van der Waals surface area contributed by atoms with Crippen LogP contribution in [0.4, 0.5) is 0 Å². The van der Waals surface area contributed by atoms with E-state index in [-0.39, 0.29) is 12.5 Å². The maximum atomic E-state index is 11.2. The van der Waals surface area contributed by atoms with Gasteiger partial charge in [-0.05, 0) is 13.0 Å². The second-order valence-corrected chi connectivity index (χ2v) is 5.32. The minimum Gasteiger partial charge on any atom is -0.369 e. The molecule has 0 unspecified atom stereocenters. The molecule has 7 nitrogen and oxygen atoms in total. The number of rotatable bonds is 7. The van der Waals surface area contributed by atoms with E-state index in [1.54, 1.807) is 17.9 Å². The Balaban J connectivity index is 2.22. The number of unbranched alkanes of at least 4 members (excludes halogenated alkanes) is 1. The Morgan fingerprint density at radius 2 is 2.24 bits per heavy atom. The number of primary amides is 1. The second-order valence-electron chi connectivity index (χ2n) is 4.97. The van der Waals surface area contributed by atoms with Gasteiger partial charge in [-0.3, -0.25) is 14.4 Å². The van der Waals surface area contributed by atoms with Gasteiger partial charge >= 0.3 is 0 Å². The summed E-state index contributed by atoms with van der Waals surface area (Å²) in [5.74, 6) is 0.201. The summed E-state index contributed by atoms with van der Waals surface area (Å²) in [6, 6.07) is 0. The molecule has 2 rings (SSSR count). The number of carbonyl (C=O) groups excluding carboxylic acids is 1. The molecule has 0 bridgehead atoms. The van der Waals surface area contributed by atoms with E-state index in [0.717, 1.165) is 24.8 Å². The Hall–Kier alpha value is -1.73. The predicted molar refractivity (Wildman–Crippen MR) is 80.7 cm³/mol. The van der Waals surface area contributed by atoms with E-state index in [4.69, 9.17) is 17.3 Å². The molecule has 1 amide bonds. The van der Waals surface area contributed by atoms with Crippen LogP contribution < -0.4 is 5.73 Å². The van der Waals surface area contributed by atoms with E-state index in [1.807, 2.05) is 4.90 Å². The van der Waals surface area contributed by atoms with Crippen molar-refractivity contribution >= 4 is 28.5 Å². The summed E-state index contributed by atoms with van der Waals surface area (Å²) in [6.45, 7) is 3.48. The van der Waals surface area contributed by atoms with Crippen LogP contribution in [0.2, 0.25) is 5.15 Å². The summed E-state index contributed by atoms with van der Waals surface area (Å²) in [4.78, 5) is 21.8. The standard InChI is InChI=1S/C13H19ClN6O/c1-3-4-5-20(7-10(15)21)8-11-17-12(14)9-6-16-19(2)13(9)18-11/h6H,3-5,7-8H2,1-2H3,(H2,15,21). The van der Waals surface area contributed by atoms with Crippen LogP contribution in [-0.4, -0.2) is 43.6 Å². The zero-order chi connectivity index (χ0) is 15.4. The lowest BCUT2D eigenvalue weighted by molar-refractivity contribution is -0.119. The van der Waals surface area contributed by atoms with Crippen molar-refractivity contribution < 1.29 is 4.79 Å². The number of hydrogen-bond acceptors (Lipinski definition) is 5. The number of nitrogens with zero attached hydrogens (tertiary/aromatic N) is 5. The topological polar surface area (TPSA) is 89.9 Å². The molecule has 0 saturated carbocycles. The van der Waals surface area contributed by atoms with E-state index in [0.29, 0.717) is 23.2 Å². The summed E-state index contributed by atoms with van der Waals surface area (Å²) in [5.41, 5.74) is 5.97. The third kappa shape index (κ3) is 3.89. The molecule has 2 heterocycles. The highest BCUT2D eigenvalue weighted by Crippen LogP contribution is 2.19. The second kappa shape index (κ2) is 6.82. The molecule has 0 saturated heterocycles. The van der Waals surface area contributed by atoms with Crippen molar-refractivity contribution in [1.82, 2.24) is 24.6 Å². The Kier molecular flexibility index (Phi) is 5.08. The number of halogens is 1. The molecular weight excluding hydrogens is 292 g/mol. The highest BCUT2D eigenvalue weighted by molar-refractivity contribution is 6.33. The van der Waals surface area contributed by atoms with Crippen LogP contribution in [-0.2, 0) is 18.4 Å². The molecule has 0 fully saturated rings. The quantitative estimate of drug-likeness (QED) is 0.774. The van der Waals surface area contributed by atoms with Crippen molar-refractivity contribution in [3.05, 3.63) is 17.2 Å². The highest BCUT2D eigenvalue weighted by atomic mass is 35.5. The molecule has 21 heavy (non-hydrogen) atoms. The van der Waals surface area contributed by atoms with E-state index in [9.17, 15) is 4.79 Å². The molecule has 0 aliphatic rings. The van der Waals surface area contributed by atoms with Gasteiger partial charge in [0.1, 0.15) is 11.0 Å². The monoisotopic (exact) mass is 310 g/mol. The largest absolute Gasteiger partial charge is 0.369 e. The molecule has 0 spiro atoms. The number of hydrogen-bond donors (Lipinski definition) is 1. The molecule has 8 heteroatoms. The van der Waals surface area contributed by atoms with Gasteiger partial charge in [0.25, 0.3) is 0 Å². The minimum atomic E-state index is -0.362. The molecule has 0 aliphatic heterocycles. The molecule has 2 N–H and O–H groups in total. The maximum Gasteiger partial charge on any atom is 0.231 e. The van der Waals surface area contributed by atoms with Crippen LogP contribution >= 0.6 is 11.6 Å². The molecule has 0 radical (unpaired) electrons. The van der Waals surface area contributed by atoms with Crippen LogP contribution in [0.1, 0.15) is 25.6 Å². The normalized spacial score (nSPS) is 11.4. The van der Waals surface area contributed by atoms with Crippen LogP contribution in [0.15, 0.2) is 6.20 Å². The summed E-state index contributed by atoms with van der Waals surface area (Å²) in [6.07, 6.45) is 3.66. The first-order valence-corrected chi connectivity index (χ1v) is 7.23. The zero-order valence-electron chi connectivity index (χ0n) is 12.2. The molecule has 2 aromatic heterocycles. The van der Waals surface area contributed by atoms with Gasteiger partial charge in [0, 0.05) is 7.05 Å². The maximum absolute atomic E-state index is 11.2. The fraction of sp³-hybridized carbons (Fsp3) is 0.538. The van der Waals surface area contributed by atoms with Gasteiger partial charge in [-0.25, -0.2) is 9.97 Å². The van der Waals surface area contributed by atoms with Gasteiger partial charge in [0.05, 0.1) is 24.7 Å². The van der Waals surface area contributed by atoms with Gasteiger partial charge in [-0.1, -0.05) is 24.9 Å². The van der Waals surface area contributed by atoms with Crippen molar-refractivity contribution in [2.45, 2.75) is 26.3 Å². The summed E-state index contributed by atoms with van der Waals surface area (Å²) in [7, 11) is 1.80. The van der Waals surface area contributed by atoms with Gasteiger partial charge < -0.3 is 5.73 Å². The molecule has 0 atom stereocenters. The number of aromatic nitrogens is 4. The van der Waals surface area contributed by atoms with Gasteiger partial charge in [-0.15, -0.1) is 0 Å². The van der Waals surface area contributed by atoms with E-state index < -0.39 is 0 Å². The number of aryl methyl sites for hydroxylation is 1. The number of carbonyl (C=O) groups is 1. The average Bonchev–Trinajstić information content (AvgIpc) is 2.78. The average molecular weight is 311 g/mol. The summed E-state index contributed by atoms with van der Waals surface area (Å²) in [5, 5.41) is 5.21.